The molecule has 1 atom stereocenters. The summed E-state index contributed by atoms with van der Waals surface area (Å²) in [5.41, 5.74) is 6.73. The smallest absolute Gasteiger partial charge is 0.224 e. The molecule has 1 aromatic rings. The zero-order chi connectivity index (χ0) is 13.5. The second kappa shape index (κ2) is 7.54. The van der Waals surface area contributed by atoms with E-state index in [0.717, 1.165) is 16.5 Å². The van der Waals surface area contributed by atoms with Gasteiger partial charge in [-0.05, 0) is 30.0 Å². The summed E-state index contributed by atoms with van der Waals surface area (Å²) in [5.74, 6) is 0.443. The molecule has 0 aliphatic carbocycles. The first-order chi connectivity index (χ1) is 8.52. The molecule has 100 valence electrons. The maximum absolute atomic E-state index is 12.0. The van der Waals surface area contributed by atoms with E-state index in [2.05, 4.69) is 35.1 Å². The molecule has 0 saturated carbocycles. The Hall–Kier alpha value is -0.870. The summed E-state index contributed by atoms with van der Waals surface area (Å²) in [6.07, 6.45) is 0.834. The predicted octanol–water partition coefficient (Wildman–Crippen LogP) is 2.69. The molecule has 0 radical (unpaired) electrons. The highest BCUT2D eigenvalue weighted by molar-refractivity contribution is 9.10. The van der Waals surface area contributed by atoms with Crippen LogP contribution in [-0.2, 0) is 11.3 Å². The molecule has 4 heteroatoms. The van der Waals surface area contributed by atoms with Crippen molar-refractivity contribution in [3.63, 3.8) is 0 Å². The zero-order valence-electron chi connectivity index (χ0n) is 10.9. The van der Waals surface area contributed by atoms with Gasteiger partial charge in [-0.25, -0.2) is 0 Å². The van der Waals surface area contributed by atoms with Crippen LogP contribution in [-0.4, -0.2) is 12.5 Å². The molecule has 0 heterocycles. The Labute approximate surface area is 117 Å². The Morgan fingerprint density at radius 3 is 2.72 bits per heavy atom. The molecule has 1 aromatic carbocycles. The van der Waals surface area contributed by atoms with Gasteiger partial charge in [-0.1, -0.05) is 41.9 Å². The molecule has 0 spiro atoms. The summed E-state index contributed by atoms with van der Waals surface area (Å²) in [7, 11) is 0. The van der Waals surface area contributed by atoms with Crippen LogP contribution in [0, 0.1) is 11.8 Å². The molecule has 1 amide bonds. The number of nitrogens with one attached hydrogen (secondary N) is 1. The molecule has 3 N–H and O–H groups in total. The summed E-state index contributed by atoms with van der Waals surface area (Å²) >= 11 is 3.41. The fourth-order valence-electron chi connectivity index (χ4n) is 1.86. The third-order valence-corrected chi connectivity index (χ3v) is 3.26. The first kappa shape index (κ1) is 15.2. The van der Waals surface area contributed by atoms with Crippen LogP contribution < -0.4 is 11.1 Å². The predicted molar refractivity (Wildman–Crippen MR) is 78.0 cm³/mol. The Balaban J connectivity index is 2.49. The van der Waals surface area contributed by atoms with Gasteiger partial charge in [-0.15, -0.1) is 0 Å². The quantitative estimate of drug-likeness (QED) is 0.848. The van der Waals surface area contributed by atoms with Crippen LogP contribution in [0.4, 0.5) is 0 Å². The van der Waals surface area contributed by atoms with Gasteiger partial charge in [-0.3, -0.25) is 4.79 Å². The van der Waals surface area contributed by atoms with E-state index in [4.69, 9.17) is 5.73 Å². The van der Waals surface area contributed by atoms with Crippen LogP contribution in [0.25, 0.3) is 0 Å². The lowest BCUT2D eigenvalue weighted by atomic mass is 9.96. The van der Waals surface area contributed by atoms with Crippen molar-refractivity contribution in [2.24, 2.45) is 17.6 Å². The van der Waals surface area contributed by atoms with Crippen LogP contribution in [0.15, 0.2) is 28.7 Å². The van der Waals surface area contributed by atoms with Gasteiger partial charge in [0.05, 0.1) is 5.92 Å². The van der Waals surface area contributed by atoms with E-state index in [1.165, 1.54) is 0 Å². The third-order valence-electron chi connectivity index (χ3n) is 2.77. The van der Waals surface area contributed by atoms with E-state index in [1.54, 1.807) is 0 Å². The fourth-order valence-corrected chi connectivity index (χ4v) is 2.31. The van der Waals surface area contributed by atoms with Gasteiger partial charge < -0.3 is 11.1 Å². The molecule has 18 heavy (non-hydrogen) atoms. The van der Waals surface area contributed by atoms with E-state index >= 15 is 0 Å². The SMILES string of the molecule is CC(C)CC(CN)C(=O)NCc1cccc(Br)c1. The summed E-state index contributed by atoms with van der Waals surface area (Å²) in [4.78, 5) is 12.0. The topological polar surface area (TPSA) is 55.1 Å². The highest BCUT2D eigenvalue weighted by Crippen LogP contribution is 2.13. The largest absolute Gasteiger partial charge is 0.352 e. The minimum atomic E-state index is -0.0860. The molecule has 0 fully saturated rings. The minimum Gasteiger partial charge on any atom is -0.352 e. The second-order valence-electron chi connectivity index (χ2n) is 4.91. The number of amides is 1. The maximum atomic E-state index is 12.0. The van der Waals surface area contributed by atoms with Gasteiger partial charge in [0.15, 0.2) is 0 Å². The molecule has 0 bridgehead atoms. The first-order valence-corrected chi connectivity index (χ1v) is 7.04. The number of rotatable bonds is 6. The average molecular weight is 313 g/mol. The van der Waals surface area contributed by atoms with Gasteiger partial charge >= 0.3 is 0 Å². The Bertz CT molecular complexity index is 393. The number of benzene rings is 1. The first-order valence-electron chi connectivity index (χ1n) is 6.25. The molecule has 0 aromatic heterocycles. The fraction of sp³-hybridized carbons (Fsp3) is 0.500. The van der Waals surface area contributed by atoms with E-state index in [-0.39, 0.29) is 11.8 Å². The number of halogens is 1. The van der Waals surface area contributed by atoms with E-state index in [9.17, 15) is 4.79 Å². The van der Waals surface area contributed by atoms with Gasteiger partial charge in [0.1, 0.15) is 0 Å². The lowest BCUT2D eigenvalue weighted by Gasteiger charge is -2.16. The normalized spacial score (nSPS) is 12.5. The van der Waals surface area contributed by atoms with Crippen molar-refractivity contribution in [3.05, 3.63) is 34.3 Å². The standard InChI is InChI=1S/C14H21BrN2O/c1-10(2)6-12(8-16)14(18)17-9-11-4-3-5-13(15)7-11/h3-5,7,10,12H,6,8-9,16H2,1-2H3,(H,17,18). The minimum absolute atomic E-state index is 0.0474. The number of nitrogens with two attached hydrogens (primary N) is 1. The number of hydrogen-bond donors (Lipinski definition) is 2. The Kier molecular flexibility index (Phi) is 6.36. The summed E-state index contributed by atoms with van der Waals surface area (Å²) in [6.45, 7) is 5.16. The summed E-state index contributed by atoms with van der Waals surface area (Å²) in [6, 6.07) is 7.91. The number of carbonyl (C=O) groups excluding carboxylic acids is 1. The van der Waals surface area contributed by atoms with E-state index in [1.807, 2.05) is 24.3 Å². The van der Waals surface area contributed by atoms with Crippen LogP contribution in [0.1, 0.15) is 25.8 Å². The molecule has 3 nitrogen and oxygen atoms in total. The van der Waals surface area contributed by atoms with Crippen molar-refractivity contribution in [2.75, 3.05) is 6.54 Å². The Morgan fingerprint density at radius 2 is 2.17 bits per heavy atom. The van der Waals surface area contributed by atoms with Gasteiger partial charge in [-0.2, -0.15) is 0 Å². The summed E-state index contributed by atoms with van der Waals surface area (Å²) in [5, 5.41) is 2.94. The van der Waals surface area contributed by atoms with Crippen molar-refractivity contribution < 1.29 is 4.79 Å². The van der Waals surface area contributed by atoms with Gasteiger partial charge in [0.25, 0.3) is 0 Å². The van der Waals surface area contributed by atoms with Crippen LogP contribution in [0.3, 0.4) is 0 Å². The lowest BCUT2D eigenvalue weighted by molar-refractivity contribution is -0.125. The van der Waals surface area contributed by atoms with Crippen LogP contribution in [0.5, 0.6) is 0 Å². The average Bonchev–Trinajstić information content (AvgIpc) is 2.33. The highest BCUT2D eigenvalue weighted by atomic mass is 79.9. The van der Waals surface area contributed by atoms with Crippen LogP contribution >= 0.6 is 15.9 Å². The Morgan fingerprint density at radius 1 is 1.44 bits per heavy atom. The lowest BCUT2D eigenvalue weighted by Crippen LogP contribution is -2.35. The monoisotopic (exact) mass is 312 g/mol. The van der Waals surface area contributed by atoms with Gasteiger partial charge in [0.2, 0.25) is 5.91 Å². The number of hydrogen-bond acceptors (Lipinski definition) is 2. The van der Waals surface area contributed by atoms with Crippen molar-refractivity contribution >= 4 is 21.8 Å². The van der Waals surface area contributed by atoms with Crippen molar-refractivity contribution in [1.29, 1.82) is 0 Å². The molecule has 0 aliphatic heterocycles. The zero-order valence-corrected chi connectivity index (χ0v) is 12.5. The highest BCUT2D eigenvalue weighted by Gasteiger charge is 2.17. The van der Waals surface area contributed by atoms with Crippen LogP contribution in [0.2, 0.25) is 0 Å². The van der Waals surface area contributed by atoms with Gasteiger partial charge in [0, 0.05) is 17.6 Å². The van der Waals surface area contributed by atoms with E-state index in [0.29, 0.717) is 19.0 Å². The molecule has 0 saturated heterocycles. The molecular weight excluding hydrogens is 292 g/mol. The maximum Gasteiger partial charge on any atom is 0.224 e. The molecular formula is C14H21BrN2O. The number of carbonyl (C=O) groups is 1. The second-order valence-corrected chi connectivity index (χ2v) is 5.83. The van der Waals surface area contributed by atoms with Crippen molar-refractivity contribution in [1.82, 2.24) is 5.32 Å². The molecule has 0 aliphatic rings. The molecule has 1 unspecified atom stereocenters. The van der Waals surface area contributed by atoms with Crippen molar-refractivity contribution in [3.8, 4) is 0 Å². The molecule has 1 rings (SSSR count). The van der Waals surface area contributed by atoms with Crippen molar-refractivity contribution in [2.45, 2.75) is 26.8 Å². The third kappa shape index (κ3) is 5.19. The summed E-state index contributed by atoms with van der Waals surface area (Å²) < 4.78 is 1.02. The van der Waals surface area contributed by atoms with E-state index < -0.39 is 0 Å².